The highest BCUT2D eigenvalue weighted by Crippen LogP contribution is 2.12. The van der Waals surface area contributed by atoms with Crippen LogP contribution in [0.1, 0.15) is 34.6 Å². The molecule has 0 aliphatic rings. The van der Waals surface area contributed by atoms with Crippen molar-refractivity contribution < 1.29 is 0 Å². The van der Waals surface area contributed by atoms with Gasteiger partial charge in [0.25, 0.3) is 0 Å². The zero-order valence-corrected chi connectivity index (χ0v) is 10.4. The first-order valence-corrected chi connectivity index (χ1v) is 5.28. The van der Waals surface area contributed by atoms with Crippen molar-refractivity contribution in [1.82, 2.24) is 10.2 Å². The van der Waals surface area contributed by atoms with E-state index in [0.717, 1.165) is 4.99 Å². The fourth-order valence-corrected chi connectivity index (χ4v) is 2.00. The second-order valence-corrected chi connectivity index (χ2v) is 4.59. The highest BCUT2D eigenvalue weighted by molar-refractivity contribution is 7.80. The van der Waals surface area contributed by atoms with Gasteiger partial charge in [0.2, 0.25) is 0 Å². The van der Waals surface area contributed by atoms with Crippen molar-refractivity contribution in [3.63, 3.8) is 0 Å². The van der Waals surface area contributed by atoms with Crippen LogP contribution in [-0.2, 0) is 0 Å². The van der Waals surface area contributed by atoms with E-state index in [1.165, 1.54) is 0 Å². The number of thiocarbonyl (C=S) groups is 1. The van der Waals surface area contributed by atoms with Gasteiger partial charge in [-0.3, -0.25) is 0 Å². The van der Waals surface area contributed by atoms with E-state index < -0.39 is 0 Å². The SMILES string of the molecule is CN[C@@H](C(C)C)N(C(C)=S)C(C)C. The zero-order valence-electron chi connectivity index (χ0n) is 9.59. The standard InChI is InChI=1S/C10H22N2S/c1-7(2)10(11-6)12(8(3)4)9(5)13/h7-8,10-11H,1-6H3/t10-/m1/s1. The lowest BCUT2D eigenvalue weighted by molar-refractivity contribution is 0.184. The Morgan fingerprint density at radius 3 is 1.77 bits per heavy atom. The summed E-state index contributed by atoms with van der Waals surface area (Å²) in [5.41, 5.74) is 0. The smallest absolute Gasteiger partial charge is 0.0824 e. The van der Waals surface area contributed by atoms with Crippen molar-refractivity contribution in [1.29, 1.82) is 0 Å². The summed E-state index contributed by atoms with van der Waals surface area (Å²) in [6.45, 7) is 10.7. The van der Waals surface area contributed by atoms with Crippen molar-refractivity contribution in [2.45, 2.75) is 46.8 Å². The largest absolute Gasteiger partial charge is 0.348 e. The van der Waals surface area contributed by atoms with E-state index in [9.17, 15) is 0 Å². The molecule has 3 heteroatoms. The van der Waals surface area contributed by atoms with Crippen LogP contribution in [0.25, 0.3) is 0 Å². The summed E-state index contributed by atoms with van der Waals surface area (Å²) in [7, 11) is 1.98. The Morgan fingerprint density at radius 2 is 1.69 bits per heavy atom. The van der Waals surface area contributed by atoms with Crippen molar-refractivity contribution in [2.24, 2.45) is 5.92 Å². The molecule has 13 heavy (non-hydrogen) atoms. The molecule has 0 aromatic heterocycles. The highest BCUT2D eigenvalue weighted by Gasteiger charge is 2.22. The maximum absolute atomic E-state index is 5.24. The molecule has 0 amide bonds. The average molecular weight is 202 g/mol. The summed E-state index contributed by atoms with van der Waals surface area (Å²) in [5, 5.41) is 3.30. The first-order chi connectivity index (χ1) is 5.91. The Labute approximate surface area is 87.7 Å². The van der Waals surface area contributed by atoms with Crippen LogP contribution in [0, 0.1) is 5.92 Å². The van der Waals surface area contributed by atoms with Gasteiger partial charge in [-0.05, 0) is 33.7 Å². The second-order valence-electron chi connectivity index (χ2n) is 4.00. The lowest BCUT2D eigenvalue weighted by Crippen LogP contribution is -2.52. The quantitative estimate of drug-likeness (QED) is 0.556. The summed E-state index contributed by atoms with van der Waals surface area (Å²) in [6.07, 6.45) is 0.345. The van der Waals surface area contributed by atoms with Crippen molar-refractivity contribution in [3.8, 4) is 0 Å². The Balaban J connectivity index is 4.59. The molecule has 0 radical (unpaired) electrons. The molecule has 0 aliphatic carbocycles. The third kappa shape index (κ3) is 3.61. The van der Waals surface area contributed by atoms with Gasteiger partial charge < -0.3 is 10.2 Å². The summed E-state index contributed by atoms with van der Waals surface area (Å²) >= 11 is 5.24. The Bertz CT molecular complexity index is 166. The molecular weight excluding hydrogens is 180 g/mol. The van der Waals surface area contributed by atoms with E-state index in [1.54, 1.807) is 0 Å². The van der Waals surface area contributed by atoms with Crippen LogP contribution in [0.3, 0.4) is 0 Å². The van der Waals surface area contributed by atoms with Crippen LogP contribution in [-0.4, -0.2) is 29.1 Å². The molecule has 0 aromatic carbocycles. The predicted octanol–water partition coefficient (Wildman–Crippen LogP) is 2.25. The topological polar surface area (TPSA) is 15.3 Å². The maximum atomic E-state index is 5.24. The van der Waals surface area contributed by atoms with Crippen LogP contribution >= 0.6 is 12.2 Å². The lowest BCUT2D eigenvalue weighted by Gasteiger charge is -2.38. The summed E-state index contributed by atoms with van der Waals surface area (Å²) in [6, 6.07) is 0.456. The van der Waals surface area contributed by atoms with Gasteiger partial charge in [0, 0.05) is 6.04 Å². The minimum atomic E-state index is 0.345. The molecule has 0 aliphatic heterocycles. The molecule has 0 rings (SSSR count). The molecule has 0 fully saturated rings. The van der Waals surface area contributed by atoms with Gasteiger partial charge in [-0.25, -0.2) is 0 Å². The summed E-state index contributed by atoms with van der Waals surface area (Å²) in [5.74, 6) is 0.560. The van der Waals surface area contributed by atoms with Gasteiger partial charge in [-0.15, -0.1) is 0 Å². The lowest BCUT2D eigenvalue weighted by atomic mass is 10.1. The van der Waals surface area contributed by atoms with Gasteiger partial charge in [-0.1, -0.05) is 26.1 Å². The first kappa shape index (κ1) is 12.8. The van der Waals surface area contributed by atoms with Gasteiger partial charge in [0.15, 0.2) is 0 Å². The first-order valence-electron chi connectivity index (χ1n) is 4.88. The molecule has 0 spiro atoms. The molecule has 0 bridgehead atoms. The van der Waals surface area contributed by atoms with E-state index in [-0.39, 0.29) is 0 Å². The van der Waals surface area contributed by atoms with Crippen molar-refractivity contribution >= 4 is 17.2 Å². The molecule has 0 heterocycles. The van der Waals surface area contributed by atoms with E-state index in [1.807, 2.05) is 14.0 Å². The Hall–Kier alpha value is -0.150. The summed E-state index contributed by atoms with van der Waals surface area (Å²) in [4.78, 5) is 3.21. The van der Waals surface area contributed by atoms with Gasteiger partial charge >= 0.3 is 0 Å². The summed E-state index contributed by atoms with van der Waals surface area (Å²) < 4.78 is 0. The minimum absolute atomic E-state index is 0.345. The van der Waals surface area contributed by atoms with Crippen LogP contribution in [0.2, 0.25) is 0 Å². The zero-order chi connectivity index (χ0) is 10.6. The molecule has 0 unspecified atom stereocenters. The predicted molar refractivity (Wildman–Crippen MR) is 62.9 cm³/mol. The molecule has 0 aromatic rings. The number of hydrogen-bond donors (Lipinski definition) is 1. The van der Waals surface area contributed by atoms with E-state index in [2.05, 4.69) is 37.9 Å². The Kier molecular flexibility index (Phi) is 5.49. The van der Waals surface area contributed by atoms with E-state index in [0.29, 0.717) is 18.1 Å². The molecular formula is C10H22N2S. The van der Waals surface area contributed by atoms with Crippen molar-refractivity contribution in [3.05, 3.63) is 0 Å². The van der Waals surface area contributed by atoms with Gasteiger partial charge in [-0.2, -0.15) is 0 Å². The van der Waals surface area contributed by atoms with Crippen LogP contribution in [0.4, 0.5) is 0 Å². The number of nitrogens with one attached hydrogen (secondary N) is 1. The van der Waals surface area contributed by atoms with Crippen LogP contribution in [0.15, 0.2) is 0 Å². The molecule has 0 saturated carbocycles. The second kappa shape index (κ2) is 5.55. The number of rotatable bonds is 4. The van der Waals surface area contributed by atoms with Gasteiger partial charge in [0.05, 0.1) is 11.2 Å². The monoisotopic (exact) mass is 202 g/mol. The number of hydrogen-bond acceptors (Lipinski definition) is 2. The molecule has 1 atom stereocenters. The third-order valence-corrected chi connectivity index (χ3v) is 2.36. The van der Waals surface area contributed by atoms with E-state index in [4.69, 9.17) is 12.2 Å². The van der Waals surface area contributed by atoms with Crippen LogP contribution in [0.5, 0.6) is 0 Å². The third-order valence-electron chi connectivity index (χ3n) is 2.15. The highest BCUT2D eigenvalue weighted by atomic mass is 32.1. The fourth-order valence-electron chi connectivity index (χ4n) is 1.67. The van der Waals surface area contributed by atoms with Gasteiger partial charge in [0.1, 0.15) is 0 Å². The molecule has 78 valence electrons. The Morgan fingerprint density at radius 1 is 1.23 bits per heavy atom. The number of nitrogens with zero attached hydrogens (tertiary/aromatic N) is 1. The molecule has 1 N–H and O–H groups in total. The molecule has 0 saturated heterocycles. The van der Waals surface area contributed by atoms with E-state index >= 15 is 0 Å². The maximum Gasteiger partial charge on any atom is 0.0824 e. The average Bonchev–Trinajstić information content (AvgIpc) is 1.97. The molecule has 2 nitrogen and oxygen atoms in total. The normalized spacial score (nSPS) is 13.5. The van der Waals surface area contributed by atoms with Crippen LogP contribution < -0.4 is 5.32 Å². The van der Waals surface area contributed by atoms with Crippen molar-refractivity contribution in [2.75, 3.05) is 7.05 Å². The minimum Gasteiger partial charge on any atom is -0.348 e. The fraction of sp³-hybridized carbons (Fsp3) is 0.900.